The van der Waals surface area contributed by atoms with Crippen molar-refractivity contribution in [2.24, 2.45) is 0 Å². The molecule has 24 heavy (non-hydrogen) atoms. The Kier molecular flexibility index (Phi) is 5.36. The van der Waals surface area contributed by atoms with Crippen molar-refractivity contribution in [1.82, 2.24) is 4.72 Å². The number of benzene rings is 2. The maximum atomic E-state index is 13.1. The van der Waals surface area contributed by atoms with Gasteiger partial charge in [0.05, 0.1) is 11.4 Å². The minimum Gasteiger partial charge on any atom is -0.325 e. The number of carbonyl (C=O) groups excluding carboxylic acids is 1. The molecule has 0 spiro atoms. The van der Waals surface area contributed by atoms with Crippen LogP contribution in [0.15, 0.2) is 41.3 Å². The maximum absolute atomic E-state index is 13.1. The molecule has 0 aromatic heterocycles. The number of amides is 1. The molecule has 1 amide bonds. The third-order valence-electron chi connectivity index (χ3n) is 3.40. The average molecular weight is 350 g/mol. The molecule has 0 aliphatic rings. The van der Waals surface area contributed by atoms with Gasteiger partial charge in [-0.2, -0.15) is 0 Å². The molecule has 0 saturated carbocycles. The molecular weight excluding hydrogens is 331 g/mol. The Hall–Kier alpha value is -2.25. The second kappa shape index (κ2) is 7.11. The van der Waals surface area contributed by atoms with Crippen LogP contribution in [-0.4, -0.2) is 20.9 Å². The lowest BCUT2D eigenvalue weighted by Crippen LogP contribution is -2.33. The zero-order valence-electron chi connectivity index (χ0n) is 13.7. The minimum atomic E-state index is -3.82. The summed E-state index contributed by atoms with van der Waals surface area (Å²) >= 11 is 0. The molecule has 0 aliphatic heterocycles. The van der Waals surface area contributed by atoms with Crippen LogP contribution in [0.4, 0.5) is 10.1 Å². The lowest BCUT2D eigenvalue weighted by Gasteiger charge is -2.13. The minimum absolute atomic E-state index is 0.173. The Morgan fingerprint density at radius 3 is 2.29 bits per heavy atom. The molecule has 0 heterocycles. The summed E-state index contributed by atoms with van der Waals surface area (Å²) in [5, 5.41) is 2.44. The number of halogens is 1. The van der Waals surface area contributed by atoms with Crippen LogP contribution in [0, 0.1) is 26.6 Å². The quantitative estimate of drug-likeness (QED) is 0.870. The number of carbonyl (C=O) groups is 1. The second-order valence-corrected chi connectivity index (χ2v) is 7.31. The molecule has 2 aromatic carbocycles. The van der Waals surface area contributed by atoms with Crippen LogP contribution in [-0.2, 0) is 14.8 Å². The van der Waals surface area contributed by atoms with E-state index < -0.39 is 28.3 Å². The van der Waals surface area contributed by atoms with Gasteiger partial charge in [0.2, 0.25) is 15.9 Å². The molecule has 0 aliphatic carbocycles. The fourth-order valence-electron chi connectivity index (χ4n) is 2.59. The predicted octanol–water partition coefficient (Wildman–Crippen LogP) is 2.67. The van der Waals surface area contributed by atoms with E-state index in [0.29, 0.717) is 11.1 Å². The van der Waals surface area contributed by atoms with Crippen LogP contribution in [0.3, 0.4) is 0 Å². The Labute approximate surface area is 141 Å². The Morgan fingerprint density at radius 1 is 1.08 bits per heavy atom. The average Bonchev–Trinajstić information content (AvgIpc) is 2.44. The largest absolute Gasteiger partial charge is 0.325 e. The van der Waals surface area contributed by atoms with Gasteiger partial charge in [0.15, 0.2) is 0 Å². The Bertz CT molecular complexity index is 856. The predicted molar refractivity (Wildman–Crippen MR) is 90.9 cm³/mol. The molecular formula is C17H19FN2O3S. The van der Waals surface area contributed by atoms with E-state index in [1.54, 1.807) is 26.0 Å². The Balaban J connectivity index is 2.09. The SMILES string of the molecule is Cc1cc(C)c(S(=O)(=O)NCC(=O)Nc2cccc(F)c2)c(C)c1. The summed E-state index contributed by atoms with van der Waals surface area (Å²) in [4.78, 5) is 12.0. The van der Waals surface area contributed by atoms with Crippen LogP contribution in [0.5, 0.6) is 0 Å². The first kappa shape index (κ1) is 18.1. The zero-order valence-corrected chi connectivity index (χ0v) is 14.5. The van der Waals surface area contributed by atoms with Gasteiger partial charge in [-0.15, -0.1) is 0 Å². The second-order valence-electron chi connectivity index (χ2n) is 5.61. The molecule has 0 bridgehead atoms. The molecule has 7 heteroatoms. The first-order chi connectivity index (χ1) is 11.2. The van der Waals surface area contributed by atoms with Crippen molar-refractivity contribution in [3.05, 3.63) is 58.9 Å². The summed E-state index contributed by atoms with van der Waals surface area (Å²) in [6, 6.07) is 8.92. The standard InChI is InChI=1S/C17H19FN2O3S/c1-11-7-12(2)17(13(3)8-11)24(22,23)19-10-16(21)20-15-6-4-5-14(18)9-15/h4-9,19H,10H2,1-3H3,(H,20,21). The molecule has 2 N–H and O–H groups in total. The van der Waals surface area contributed by atoms with E-state index in [0.717, 1.165) is 11.6 Å². The van der Waals surface area contributed by atoms with Crippen molar-refractivity contribution in [1.29, 1.82) is 0 Å². The van der Waals surface area contributed by atoms with E-state index >= 15 is 0 Å². The van der Waals surface area contributed by atoms with Crippen LogP contribution in [0.25, 0.3) is 0 Å². The van der Waals surface area contributed by atoms with Crippen LogP contribution in [0.1, 0.15) is 16.7 Å². The zero-order chi connectivity index (χ0) is 17.9. The topological polar surface area (TPSA) is 75.3 Å². The lowest BCUT2D eigenvalue weighted by molar-refractivity contribution is -0.115. The first-order valence-corrected chi connectivity index (χ1v) is 8.80. The van der Waals surface area contributed by atoms with Crippen LogP contribution < -0.4 is 10.0 Å². The van der Waals surface area contributed by atoms with Gasteiger partial charge in [0.1, 0.15) is 5.82 Å². The van der Waals surface area contributed by atoms with E-state index in [1.807, 2.05) is 6.92 Å². The van der Waals surface area contributed by atoms with E-state index in [2.05, 4.69) is 10.0 Å². The highest BCUT2D eigenvalue weighted by Gasteiger charge is 2.20. The molecule has 2 rings (SSSR count). The van der Waals surface area contributed by atoms with Crippen molar-refractivity contribution >= 4 is 21.6 Å². The van der Waals surface area contributed by atoms with E-state index in [9.17, 15) is 17.6 Å². The number of rotatable bonds is 5. The molecule has 0 atom stereocenters. The molecule has 2 aromatic rings. The molecule has 128 valence electrons. The third kappa shape index (κ3) is 4.39. The third-order valence-corrected chi connectivity index (χ3v) is 5.11. The van der Waals surface area contributed by atoms with Crippen LogP contribution in [0.2, 0.25) is 0 Å². The van der Waals surface area contributed by atoms with Crippen molar-refractivity contribution in [3.8, 4) is 0 Å². The van der Waals surface area contributed by atoms with Gasteiger partial charge in [-0.25, -0.2) is 17.5 Å². The summed E-state index contributed by atoms with van der Waals surface area (Å²) in [6.07, 6.45) is 0. The summed E-state index contributed by atoms with van der Waals surface area (Å²) < 4.78 is 40.2. The lowest BCUT2D eigenvalue weighted by atomic mass is 10.1. The number of nitrogens with one attached hydrogen (secondary N) is 2. The number of hydrogen-bond acceptors (Lipinski definition) is 3. The van der Waals surface area contributed by atoms with Crippen molar-refractivity contribution in [2.75, 3.05) is 11.9 Å². The molecule has 0 saturated heterocycles. The van der Waals surface area contributed by atoms with Crippen molar-refractivity contribution < 1.29 is 17.6 Å². The van der Waals surface area contributed by atoms with Gasteiger partial charge in [-0.05, 0) is 50.1 Å². The molecule has 0 unspecified atom stereocenters. The summed E-state index contributed by atoms with van der Waals surface area (Å²) in [6.45, 7) is 4.87. The molecule has 0 fully saturated rings. The fraction of sp³-hybridized carbons (Fsp3) is 0.235. The number of hydrogen-bond donors (Lipinski definition) is 2. The van der Waals surface area contributed by atoms with Gasteiger partial charge >= 0.3 is 0 Å². The number of anilines is 1. The summed E-state index contributed by atoms with van der Waals surface area (Å²) in [7, 11) is -3.82. The summed E-state index contributed by atoms with van der Waals surface area (Å²) in [5.74, 6) is -1.06. The highest BCUT2D eigenvalue weighted by molar-refractivity contribution is 7.89. The van der Waals surface area contributed by atoms with Crippen molar-refractivity contribution in [2.45, 2.75) is 25.7 Å². The highest BCUT2D eigenvalue weighted by atomic mass is 32.2. The smallest absolute Gasteiger partial charge is 0.241 e. The maximum Gasteiger partial charge on any atom is 0.241 e. The normalized spacial score (nSPS) is 11.3. The highest BCUT2D eigenvalue weighted by Crippen LogP contribution is 2.21. The van der Waals surface area contributed by atoms with Gasteiger partial charge in [0, 0.05) is 5.69 Å². The van der Waals surface area contributed by atoms with Gasteiger partial charge in [-0.3, -0.25) is 4.79 Å². The molecule has 0 radical (unpaired) electrons. The van der Waals surface area contributed by atoms with E-state index in [-0.39, 0.29) is 10.6 Å². The van der Waals surface area contributed by atoms with Gasteiger partial charge in [-0.1, -0.05) is 23.8 Å². The number of sulfonamides is 1. The first-order valence-electron chi connectivity index (χ1n) is 7.32. The Morgan fingerprint density at radius 2 is 1.71 bits per heavy atom. The fourth-order valence-corrected chi connectivity index (χ4v) is 4.03. The van der Waals surface area contributed by atoms with Crippen molar-refractivity contribution in [3.63, 3.8) is 0 Å². The monoisotopic (exact) mass is 350 g/mol. The number of aryl methyl sites for hydroxylation is 3. The van der Waals surface area contributed by atoms with Gasteiger partial charge in [0.25, 0.3) is 0 Å². The van der Waals surface area contributed by atoms with Crippen LogP contribution >= 0.6 is 0 Å². The van der Waals surface area contributed by atoms with Gasteiger partial charge < -0.3 is 5.32 Å². The molecule has 5 nitrogen and oxygen atoms in total. The summed E-state index contributed by atoms with van der Waals surface area (Å²) in [5.41, 5.74) is 2.46. The van der Waals surface area contributed by atoms with E-state index in [4.69, 9.17) is 0 Å². The van der Waals surface area contributed by atoms with E-state index in [1.165, 1.54) is 18.2 Å².